The number of amides is 2. The second-order valence-corrected chi connectivity index (χ2v) is 7.14. The van der Waals surface area contributed by atoms with Gasteiger partial charge in [0.05, 0.1) is 23.0 Å². The highest BCUT2D eigenvalue weighted by atomic mass is 16.2. The average molecular weight is 382 g/mol. The third-order valence-electron chi connectivity index (χ3n) is 5.41. The lowest BCUT2D eigenvalue weighted by molar-refractivity contribution is 0.0924. The molecule has 6 nitrogen and oxygen atoms in total. The van der Waals surface area contributed by atoms with Crippen LogP contribution in [-0.2, 0) is 0 Å². The molecule has 0 spiro atoms. The Morgan fingerprint density at radius 2 is 1.66 bits per heavy atom. The molecule has 0 radical (unpaired) electrons. The van der Waals surface area contributed by atoms with Gasteiger partial charge in [-0.05, 0) is 35.4 Å². The molecule has 0 saturated carbocycles. The molecule has 0 bridgehead atoms. The van der Waals surface area contributed by atoms with E-state index in [1.807, 2.05) is 42.4 Å². The van der Waals surface area contributed by atoms with E-state index in [2.05, 4.69) is 17.1 Å². The number of hydrogen-bond acceptors (Lipinski definition) is 5. The third-order valence-corrected chi connectivity index (χ3v) is 5.41. The van der Waals surface area contributed by atoms with Crippen LogP contribution in [0.15, 0.2) is 78.0 Å². The van der Waals surface area contributed by atoms with Crippen LogP contribution in [0.25, 0.3) is 0 Å². The molecule has 5 rings (SSSR count). The fourth-order valence-electron chi connectivity index (χ4n) is 3.90. The minimum atomic E-state index is -0.388. The van der Waals surface area contributed by atoms with Crippen molar-refractivity contribution >= 4 is 23.2 Å². The third kappa shape index (κ3) is 2.81. The molecule has 142 valence electrons. The van der Waals surface area contributed by atoms with Crippen molar-refractivity contribution in [1.82, 2.24) is 9.99 Å². The van der Waals surface area contributed by atoms with Gasteiger partial charge in [-0.2, -0.15) is 5.10 Å². The predicted molar refractivity (Wildman–Crippen MR) is 110 cm³/mol. The number of anilines is 1. The molecule has 0 aliphatic carbocycles. The first-order valence-electron chi connectivity index (χ1n) is 9.43. The maximum atomic E-state index is 12.6. The lowest BCUT2D eigenvalue weighted by Crippen LogP contribution is -2.29. The molecule has 1 atom stereocenters. The molecule has 1 aromatic heterocycles. The number of carbonyl (C=O) groups excluding carboxylic acids is 2. The summed E-state index contributed by atoms with van der Waals surface area (Å²) in [5.41, 5.74) is 4.27. The van der Waals surface area contributed by atoms with Gasteiger partial charge in [-0.25, -0.2) is 4.90 Å². The van der Waals surface area contributed by atoms with Crippen molar-refractivity contribution in [2.45, 2.75) is 12.5 Å². The zero-order chi connectivity index (χ0) is 20.0. The Morgan fingerprint density at radius 1 is 0.897 bits per heavy atom. The summed E-state index contributed by atoms with van der Waals surface area (Å²) in [5.74, 6) is -0.728. The number of pyridine rings is 1. The van der Waals surface area contributed by atoms with Gasteiger partial charge >= 0.3 is 0 Å². The molecule has 0 N–H and O–H groups in total. The van der Waals surface area contributed by atoms with E-state index >= 15 is 0 Å². The number of aromatic nitrogens is 1. The highest BCUT2D eigenvalue weighted by Gasteiger charge is 2.37. The second kappa shape index (κ2) is 6.67. The smallest absolute Gasteiger partial charge is 0.284 e. The molecular formula is C23H18N4O2. The van der Waals surface area contributed by atoms with E-state index < -0.39 is 0 Å². The fourth-order valence-corrected chi connectivity index (χ4v) is 3.90. The van der Waals surface area contributed by atoms with E-state index in [9.17, 15) is 9.59 Å². The van der Waals surface area contributed by atoms with Crippen molar-refractivity contribution in [2.24, 2.45) is 5.10 Å². The van der Waals surface area contributed by atoms with Crippen LogP contribution in [0.1, 0.15) is 44.4 Å². The number of rotatable bonds is 3. The molecule has 29 heavy (non-hydrogen) atoms. The molecule has 2 aliphatic rings. The van der Waals surface area contributed by atoms with Crippen LogP contribution < -0.4 is 4.90 Å². The maximum absolute atomic E-state index is 12.6. The summed E-state index contributed by atoms with van der Waals surface area (Å²) in [6.45, 7) is 0. The van der Waals surface area contributed by atoms with Gasteiger partial charge in [0.25, 0.3) is 11.8 Å². The molecular weight excluding hydrogens is 364 g/mol. The van der Waals surface area contributed by atoms with Crippen molar-refractivity contribution < 1.29 is 9.59 Å². The molecule has 3 heterocycles. The minimum Gasteiger partial charge on any atom is -0.292 e. The van der Waals surface area contributed by atoms with Gasteiger partial charge < -0.3 is 0 Å². The quantitative estimate of drug-likeness (QED) is 0.649. The maximum Gasteiger partial charge on any atom is 0.284 e. The molecule has 2 aliphatic heterocycles. The van der Waals surface area contributed by atoms with Crippen LogP contribution in [0.3, 0.4) is 0 Å². The summed E-state index contributed by atoms with van der Waals surface area (Å²) < 4.78 is 0. The summed E-state index contributed by atoms with van der Waals surface area (Å²) in [4.78, 5) is 30.5. The normalized spacial score (nSPS) is 18.2. The monoisotopic (exact) mass is 382 g/mol. The van der Waals surface area contributed by atoms with Gasteiger partial charge in [-0.1, -0.05) is 42.5 Å². The van der Waals surface area contributed by atoms with E-state index in [1.165, 1.54) is 16.7 Å². The van der Waals surface area contributed by atoms with Crippen LogP contribution in [0, 0.1) is 0 Å². The number of fused-ring (bicyclic) bond motifs is 1. The Bertz CT molecular complexity index is 1100. The largest absolute Gasteiger partial charge is 0.292 e. The molecule has 0 saturated heterocycles. The average Bonchev–Trinajstić information content (AvgIpc) is 3.27. The molecule has 0 fully saturated rings. The first kappa shape index (κ1) is 17.3. The number of nitrogens with zero attached hydrogens (tertiary/aromatic N) is 4. The summed E-state index contributed by atoms with van der Waals surface area (Å²) in [7, 11) is 1.98. The lowest BCUT2D eigenvalue weighted by Gasteiger charge is -2.18. The molecule has 1 unspecified atom stereocenters. The predicted octanol–water partition coefficient (Wildman–Crippen LogP) is 3.66. The van der Waals surface area contributed by atoms with Gasteiger partial charge in [0.2, 0.25) is 0 Å². The van der Waals surface area contributed by atoms with Crippen molar-refractivity contribution in [3.05, 3.63) is 95.3 Å². The summed E-state index contributed by atoms with van der Waals surface area (Å²) in [6.07, 6.45) is 2.32. The number of hydrazone groups is 1. The van der Waals surface area contributed by atoms with Gasteiger partial charge in [0.1, 0.15) is 5.69 Å². The first-order valence-corrected chi connectivity index (χ1v) is 9.43. The summed E-state index contributed by atoms with van der Waals surface area (Å²) >= 11 is 0. The second-order valence-electron chi connectivity index (χ2n) is 7.14. The van der Waals surface area contributed by atoms with Crippen molar-refractivity contribution in [1.29, 1.82) is 0 Å². The van der Waals surface area contributed by atoms with E-state index in [0.717, 1.165) is 17.7 Å². The topological polar surface area (TPSA) is 65.9 Å². The standard InChI is InChI=1S/C23H18N4O2/c1-26-20(16-6-3-2-4-7-16)14-19(25-26)15-9-11-17(12-10-15)27-22(28)18-8-5-13-24-21(18)23(27)29/h2-13,20H,14H2,1H3. The van der Waals surface area contributed by atoms with Gasteiger partial charge in [0, 0.05) is 19.7 Å². The van der Waals surface area contributed by atoms with E-state index in [-0.39, 0.29) is 23.6 Å². The zero-order valence-corrected chi connectivity index (χ0v) is 15.8. The lowest BCUT2D eigenvalue weighted by atomic mass is 9.98. The van der Waals surface area contributed by atoms with Crippen LogP contribution >= 0.6 is 0 Å². The van der Waals surface area contributed by atoms with Crippen LogP contribution in [0.2, 0.25) is 0 Å². The Balaban J connectivity index is 1.39. The zero-order valence-electron chi connectivity index (χ0n) is 15.8. The van der Waals surface area contributed by atoms with Crippen molar-refractivity contribution in [3.8, 4) is 0 Å². The molecule has 2 aromatic carbocycles. The first-order chi connectivity index (χ1) is 14.1. The number of benzene rings is 2. The van der Waals surface area contributed by atoms with Crippen molar-refractivity contribution in [2.75, 3.05) is 11.9 Å². The molecule has 2 amide bonds. The number of carbonyl (C=O) groups is 2. The molecule has 3 aromatic rings. The Labute approximate surface area is 168 Å². The van der Waals surface area contributed by atoms with Crippen molar-refractivity contribution in [3.63, 3.8) is 0 Å². The highest BCUT2D eigenvalue weighted by Crippen LogP contribution is 2.32. The Hall–Kier alpha value is -3.80. The number of hydrogen-bond donors (Lipinski definition) is 0. The van der Waals surface area contributed by atoms with E-state index in [1.54, 1.807) is 24.3 Å². The fraction of sp³-hybridized carbons (Fsp3) is 0.130. The summed E-state index contributed by atoms with van der Waals surface area (Å²) in [5, 5.41) is 6.68. The molecule has 6 heteroatoms. The van der Waals surface area contributed by atoms with E-state index in [0.29, 0.717) is 11.3 Å². The highest BCUT2D eigenvalue weighted by molar-refractivity contribution is 6.33. The Morgan fingerprint density at radius 3 is 2.38 bits per heavy atom. The number of imide groups is 1. The van der Waals surface area contributed by atoms with Crippen LogP contribution in [0.5, 0.6) is 0 Å². The van der Waals surface area contributed by atoms with Crippen LogP contribution in [0.4, 0.5) is 5.69 Å². The SMILES string of the molecule is CN1N=C(c2ccc(N3C(=O)c4cccnc4C3=O)cc2)CC1c1ccccc1. The minimum absolute atomic E-state index is 0.202. The Kier molecular flexibility index (Phi) is 3.98. The van der Waals surface area contributed by atoms with Gasteiger partial charge in [-0.15, -0.1) is 0 Å². The van der Waals surface area contributed by atoms with Crippen LogP contribution in [-0.4, -0.2) is 34.6 Å². The van der Waals surface area contributed by atoms with E-state index in [4.69, 9.17) is 5.10 Å². The summed E-state index contributed by atoms with van der Waals surface area (Å²) in [6, 6.07) is 21.2. The van der Waals surface area contributed by atoms with Gasteiger partial charge in [-0.3, -0.25) is 19.6 Å². The van der Waals surface area contributed by atoms with Gasteiger partial charge in [0.15, 0.2) is 0 Å².